The van der Waals surface area contributed by atoms with Crippen molar-refractivity contribution in [1.82, 2.24) is 10.3 Å². The molecule has 1 N–H and O–H groups in total. The van der Waals surface area contributed by atoms with Gasteiger partial charge in [-0.25, -0.2) is 4.98 Å². The number of nitrogens with zero attached hydrogens (tertiary/aromatic N) is 1. The third-order valence-electron chi connectivity index (χ3n) is 2.91. The highest BCUT2D eigenvalue weighted by Crippen LogP contribution is 2.26. The number of thiophene rings is 1. The lowest BCUT2D eigenvalue weighted by atomic mass is 9.91. The Bertz CT molecular complexity index is 612. The minimum Gasteiger partial charge on any atom is -0.350 e. The van der Waals surface area contributed by atoms with Crippen LogP contribution in [0.4, 0.5) is 0 Å². The van der Waals surface area contributed by atoms with E-state index in [0.717, 1.165) is 0 Å². The highest BCUT2D eigenvalue weighted by molar-refractivity contribution is 7.10. The summed E-state index contributed by atoms with van der Waals surface area (Å²) >= 11 is 13.4. The molecule has 0 atom stereocenters. The van der Waals surface area contributed by atoms with Gasteiger partial charge in [0.25, 0.3) is 5.91 Å². The third kappa shape index (κ3) is 3.51. The lowest BCUT2D eigenvalue weighted by molar-refractivity contribution is 0.0941. The molecule has 106 valence electrons. The Morgan fingerprint density at radius 2 is 2.10 bits per heavy atom. The van der Waals surface area contributed by atoms with Gasteiger partial charge in [0.1, 0.15) is 10.8 Å². The minimum absolute atomic E-state index is 0.144. The molecule has 0 radical (unpaired) electrons. The molecule has 2 rings (SSSR count). The van der Waals surface area contributed by atoms with Crippen molar-refractivity contribution in [1.29, 1.82) is 0 Å². The number of hydrogen-bond acceptors (Lipinski definition) is 3. The predicted molar refractivity (Wildman–Crippen MR) is 83.9 cm³/mol. The highest BCUT2D eigenvalue weighted by atomic mass is 35.5. The van der Waals surface area contributed by atoms with Crippen molar-refractivity contribution in [3.63, 3.8) is 0 Å². The molecule has 3 nitrogen and oxygen atoms in total. The van der Waals surface area contributed by atoms with Gasteiger partial charge in [0.2, 0.25) is 0 Å². The number of carbonyl (C=O) groups excluding carboxylic acids is 1. The normalized spacial score (nSPS) is 11.4. The van der Waals surface area contributed by atoms with E-state index in [2.05, 4.69) is 30.2 Å². The Balaban J connectivity index is 2.07. The van der Waals surface area contributed by atoms with Crippen LogP contribution in [-0.4, -0.2) is 17.4 Å². The first kappa shape index (κ1) is 15.3. The van der Waals surface area contributed by atoms with Crippen LogP contribution in [0.15, 0.2) is 29.6 Å². The lowest BCUT2D eigenvalue weighted by Crippen LogP contribution is -2.36. The van der Waals surface area contributed by atoms with Crippen LogP contribution in [0.1, 0.15) is 29.2 Å². The van der Waals surface area contributed by atoms with Gasteiger partial charge in [-0.05, 0) is 23.6 Å². The molecule has 2 heterocycles. The Kier molecular flexibility index (Phi) is 4.68. The van der Waals surface area contributed by atoms with E-state index in [9.17, 15) is 4.79 Å². The zero-order chi connectivity index (χ0) is 14.8. The minimum atomic E-state index is -0.317. The number of hydrogen-bond donors (Lipinski definition) is 1. The van der Waals surface area contributed by atoms with Gasteiger partial charge >= 0.3 is 0 Å². The maximum absolute atomic E-state index is 12.1. The van der Waals surface area contributed by atoms with Crippen LogP contribution in [0.3, 0.4) is 0 Å². The summed E-state index contributed by atoms with van der Waals surface area (Å²) in [6, 6.07) is 7.17. The fraction of sp³-hybridized carbons (Fsp3) is 0.286. The van der Waals surface area contributed by atoms with E-state index >= 15 is 0 Å². The van der Waals surface area contributed by atoms with Gasteiger partial charge in [0, 0.05) is 16.8 Å². The molecule has 0 saturated heterocycles. The van der Waals surface area contributed by atoms with E-state index < -0.39 is 0 Å². The number of rotatable bonds is 4. The van der Waals surface area contributed by atoms with Crippen LogP contribution >= 0.6 is 34.5 Å². The largest absolute Gasteiger partial charge is 0.350 e. The summed E-state index contributed by atoms with van der Waals surface area (Å²) in [5, 5.41) is 5.42. The summed E-state index contributed by atoms with van der Waals surface area (Å²) in [6.45, 7) is 4.65. The average molecular weight is 329 g/mol. The first-order chi connectivity index (χ1) is 9.40. The molecular weight excluding hydrogens is 315 g/mol. The Morgan fingerprint density at radius 3 is 2.75 bits per heavy atom. The van der Waals surface area contributed by atoms with Crippen molar-refractivity contribution in [2.75, 3.05) is 6.54 Å². The molecule has 0 bridgehead atoms. The van der Waals surface area contributed by atoms with Gasteiger partial charge in [-0.15, -0.1) is 11.3 Å². The molecule has 0 aromatic carbocycles. The van der Waals surface area contributed by atoms with Crippen LogP contribution in [0, 0.1) is 0 Å². The molecule has 1 amide bonds. The number of pyridine rings is 1. The molecule has 6 heteroatoms. The van der Waals surface area contributed by atoms with E-state index in [1.807, 2.05) is 11.4 Å². The molecule has 2 aromatic rings. The predicted octanol–water partition coefficient (Wildman–Crippen LogP) is 4.16. The molecule has 0 spiro atoms. The summed E-state index contributed by atoms with van der Waals surface area (Å²) in [4.78, 5) is 17.3. The van der Waals surface area contributed by atoms with Crippen molar-refractivity contribution >= 4 is 40.4 Å². The lowest BCUT2D eigenvalue weighted by Gasteiger charge is -2.23. The van der Waals surface area contributed by atoms with E-state index in [1.54, 1.807) is 23.5 Å². The van der Waals surface area contributed by atoms with E-state index in [-0.39, 0.29) is 22.2 Å². The number of carbonyl (C=O) groups is 1. The van der Waals surface area contributed by atoms with Crippen molar-refractivity contribution in [3.8, 4) is 0 Å². The van der Waals surface area contributed by atoms with Crippen molar-refractivity contribution in [2.24, 2.45) is 0 Å². The van der Waals surface area contributed by atoms with Gasteiger partial charge < -0.3 is 5.32 Å². The van der Waals surface area contributed by atoms with Gasteiger partial charge in [-0.1, -0.05) is 43.1 Å². The molecule has 0 fully saturated rings. The van der Waals surface area contributed by atoms with Crippen molar-refractivity contribution in [3.05, 3.63) is 50.4 Å². The molecule has 0 unspecified atom stereocenters. The maximum atomic E-state index is 12.1. The van der Waals surface area contributed by atoms with Crippen LogP contribution in [0.5, 0.6) is 0 Å². The van der Waals surface area contributed by atoms with Crippen LogP contribution < -0.4 is 5.32 Å². The summed E-state index contributed by atoms with van der Waals surface area (Å²) < 4.78 is 0. The smallest absolute Gasteiger partial charge is 0.271 e. The Labute approximate surface area is 131 Å². The van der Waals surface area contributed by atoms with Gasteiger partial charge in [0.15, 0.2) is 0 Å². The van der Waals surface area contributed by atoms with E-state index in [4.69, 9.17) is 23.2 Å². The molecule has 20 heavy (non-hydrogen) atoms. The summed E-state index contributed by atoms with van der Waals surface area (Å²) in [5.41, 5.74) is 0.00987. The summed E-state index contributed by atoms with van der Waals surface area (Å²) in [5.74, 6) is -0.317. The van der Waals surface area contributed by atoms with Crippen molar-refractivity contribution in [2.45, 2.75) is 19.3 Å². The molecule has 0 saturated carbocycles. The molecule has 0 aliphatic carbocycles. The number of nitrogens with one attached hydrogen (secondary N) is 1. The summed E-state index contributed by atoms with van der Waals surface area (Å²) in [6.07, 6.45) is 0. The second-order valence-corrected chi connectivity index (χ2v) is 6.75. The Hall–Kier alpha value is -1.10. The van der Waals surface area contributed by atoms with Crippen LogP contribution in [-0.2, 0) is 5.41 Å². The fourth-order valence-corrected chi connectivity index (χ4v) is 2.90. The fourth-order valence-electron chi connectivity index (χ4n) is 1.71. The van der Waals surface area contributed by atoms with Crippen LogP contribution in [0.25, 0.3) is 0 Å². The average Bonchev–Trinajstić information content (AvgIpc) is 2.93. The quantitative estimate of drug-likeness (QED) is 0.856. The number of amides is 1. The second kappa shape index (κ2) is 6.12. The SMILES string of the molecule is CC(C)(CNC(=O)c1nc(Cl)ccc1Cl)c1cccs1. The van der Waals surface area contributed by atoms with Gasteiger partial charge in [-0.3, -0.25) is 4.79 Å². The molecule has 0 aliphatic rings. The zero-order valence-corrected chi connectivity index (χ0v) is 13.4. The monoisotopic (exact) mass is 328 g/mol. The van der Waals surface area contributed by atoms with E-state index in [1.165, 1.54) is 4.88 Å². The first-order valence-electron chi connectivity index (χ1n) is 6.04. The van der Waals surface area contributed by atoms with E-state index in [0.29, 0.717) is 11.6 Å². The third-order valence-corrected chi connectivity index (χ3v) is 4.66. The van der Waals surface area contributed by atoms with Gasteiger partial charge in [0.05, 0.1) is 5.02 Å². The van der Waals surface area contributed by atoms with Crippen LogP contribution in [0.2, 0.25) is 10.2 Å². The number of halogens is 2. The summed E-state index contributed by atoms with van der Waals surface area (Å²) in [7, 11) is 0. The van der Waals surface area contributed by atoms with Crippen molar-refractivity contribution < 1.29 is 4.79 Å². The highest BCUT2D eigenvalue weighted by Gasteiger charge is 2.23. The first-order valence-corrected chi connectivity index (χ1v) is 7.68. The molecule has 2 aromatic heterocycles. The molecule has 0 aliphatic heterocycles. The maximum Gasteiger partial charge on any atom is 0.271 e. The Morgan fingerprint density at radius 1 is 1.35 bits per heavy atom. The molecular formula is C14H14Cl2N2OS. The standard InChI is InChI=1S/C14H14Cl2N2OS/c1-14(2,10-4-3-7-20-10)8-17-13(19)12-9(15)5-6-11(16)18-12/h3-7H,8H2,1-2H3,(H,17,19). The zero-order valence-electron chi connectivity index (χ0n) is 11.1. The second-order valence-electron chi connectivity index (χ2n) is 5.01. The number of aromatic nitrogens is 1. The topological polar surface area (TPSA) is 42.0 Å². The van der Waals surface area contributed by atoms with Gasteiger partial charge in [-0.2, -0.15) is 0 Å².